The lowest BCUT2D eigenvalue weighted by Gasteiger charge is -2.36. The van der Waals surface area contributed by atoms with Crippen LogP contribution >= 0.6 is 0 Å². The van der Waals surface area contributed by atoms with Gasteiger partial charge in [0.15, 0.2) is 0 Å². The van der Waals surface area contributed by atoms with E-state index in [1.165, 1.54) is 6.42 Å². The van der Waals surface area contributed by atoms with Gasteiger partial charge in [0.1, 0.15) is 5.60 Å². The summed E-state index contributed by atoms with van der Waals surface area (Å²) in [6.45, 7) is 11.9. The summed E-state index contributed by atoms with van der Waals surface area (Å²) in [6, 6.07) is 0. The van der Waals surface area contributed by atoms with Gasteiger partial charge in [-0.3, -0.25) is 9.79 Å². The van der Waals surface area contributed by atoms with Crippen molar-refractivity contribution in [2.75, 3.05) is 0 Å². The van der Waals surface area contributed by atoms with E-state index in [0.29, 0.717) is 0 Å². The zero-order valence-corrected chi connectivity index (χ0v) is 13.4. The van der Waals surface area contributed by atoms with Crippen LogP contribution in [0.4, 0.5) is 0 Å². The number of aliphatic imine (C=N–C) groups is 1. The van der Waals surface area contributed by atoms with Gasteiger partial charge in [-0.1, -0.05) is 6.42 Å². The Morgan fingerprint density at radius 2 is 1.58 bits per heavy atom. The quantitative estimate of drug-likeness (QED) is 0.557. The first kappa shape index (κ1) is 16.2. The topological polar surface area (TPSA) is 38.7 Å². The molecular weight excluding hydrogens is 238 g/mol. The van der Waals surface area contributed by atoms with Gasteiger partial charge in [-0.2, -0.15) is 0 Å². The summed E-state index contributed by atoms with van der Waals surface area (Å²) in [5.41, 5.74) is -1.06. The molecule has 0 spiro atoms. The molecule has 0 atom stereocenters. The molecule has 0 aromatic heterocycles. The van der Waals surface area contributed by atoms with Crippen molar-refractivity contribution in [2.24, 2.45) is 10.4 Å². The molecule has 0 aromatic rings. The number of hydrogen-bond acceptors (Lipinski definition) is 3. The number of carbonyl (C=O) groups is 1. The molecule has 0 bridgehead atoms. The Bertz CT molecular complexity index is 339. The predicted molar refractivity (Wildman–Crippen MR) is 79.6 cm³/mol. The minimum atomic E-state index is -0.476. The summed E-state index contributed by atoms with van der Waals surface area (Å²) < 4.78 is 5.85. The summed E-state index contributed by atoms with van der Waals surface area (Å²) in [5, 5.41) is 0. The highest BCUT2D eigenvalue weighted by atomic mass is 16.6. The fourth-order valence-corrected chi connectivity index (χ4v) is 2.06. The highest BCUT2D eigenvalue weighted by Gasteiger charge is 2.37. The highest BCUT2D eigenvalue weighted by Crippen LogP contribution is 2.33. The van der Waals surface area contributed by atoms with Gasteiger partial charge in [0, 0.05) is 6.21 Å². The van der Waals surface area contributed by atoms with Crippen LogP contribution in [-0.4, -0.2) is 23.3 Å². The fraction of sp³-hybridized carbons (Fsp3) is 0.875. The van der Waals surface area contributed by atoms with Crippen molar-refractivity contribution in [1.29, 1.82) is 0 Å². The first-order chi connectivity index (χ1) is 8.54. The number of nitrogens with zero attached hydrogens (tertiary/aromatic N) is 1. The van der Waals surface area contributed by atoms with Crippen molar-refractivity contribution < 1.29 is 9.53 Å². The number of rotatable bonds is 2. The average molecular weight is 267 g/mol. The van der Waals surface area contributed by atoms with E-state index in [1.54, 1.807) is 0 Å². The van der Waals surface area contributed by atoms with Crippen LogP contribution in [0.1, 0.15) is 73.6 Å². The third-order valence-electron chi connectivity index (χ3n) is 3.30. The number of carbonyl (C=O) groups excluding carboxylic acids is 1. The average Bonchev–Trinajstić information content (AvgIpc) is 2.26. The molecular formula is C16H29NO2. The third-order valence-corrected chi connectivity index (χ3v) is 3.30. The van der Waals surface area contributed by atoms with Crippen molar-refractivity contribution in [3.05, 3.63) is 0 Å². The van der Waals surface area contributed by atoms with Crippen molar-refractivity contribution in [3.63, 3.8) is 0 Å². The molecule has 110 valence electrons. The standard InChI is InChI=1S/C16H29NO2/c1-14(2,3)13(18)19-16(10-8-7-9-11-16)12-17-15(4,5)6/h12H,7-11H2,1-6H3. The SMILES string of the molecule is CC(C)(C)N=CC1(OC(=O)C(C)(C)C)CCCCC1. The van der Waals surface area contributed by atoms with Gasteiger partial charge >= 0.3 is 5.97 Å². The molecule has 1 saturated carbocycles. The summed E-state index contributed by atoms with van der Waals surface area (Å²) in [6.07, 6.45) is 7.12. The van der Waals surface area contributed by atoms with Gasteiger partial charge in [-0.05, 0) is 67.2 Å². The molecule has 19 heavy (non-hydrogen) atoms. The van der Waals surface area contributed by atoms with Crippen LogP contribution in [0.15, 0.2) is 4.99 Å². The smallest absolute Gasteiger partial charge is 0.312 e. The molecule has 0 unspecified atom stereocenters. The van der Waals surface area contributed by atoms with Crippen molar-refractivity contribution in [2.45, 2.75) is 84.8 Å². The molecule has 1 rings (SSSR count). The lowest BCUT2D eigenvalue weighted by Crippen LogP contribution is -2.42. The molecule has 3 nitrogen and oxygen atoms in total. The van der Waals surface area contributed by atoms with Gasteiger partial charge in [0.25, 0.3) is 0 Å². The first-order valence-corrected chi connectivity index (χ1v) is 7.34. The Hall–Kier alpha value is -0.860. The summed E-state index contributed by atoms with van der Waals surface area (Å²) in [5.74, 6) is -0.130. The van der Waals surface area contributed by atoms with E-state index >= 15 is 0 Å². The maximum absolute atomic E-state index is 12.2. The van der Waals surface area contributed by atoms with E-state index in [9.17, 15) is 4.79 Å². The first-order valence-electron chi connectivity index (χ1n) is 7.34. The maximum Gasteiger partial charge on any atom is 0.312 e. The number of hydrogen-bond donors (Lipinski definition) is 0. The molecule has 3 heteroatoms. The van der Waals surface area contributed by atoms with Gasteiger partial charge in [0.05, 0.1) is 11.0 Å². The van der Waals surface area contributed by atoms with Crippen LogP contribution in [0.2, 0.25) is 0 Å². The highest BCUT2D eigenvalue weighted by molar-refractivity contribution is 5.80. The monoisotopic (exact) mass is 267 g/mol. The molecule has 0 aliphatic heterocycles. The molecule has 0 radical (unpaired) electrons. The van der Waals surface area contributed by atoms with Crippen LogP contribution in [0, 0.1) is 5.41 Å². The van der Waals surface area contributed by atoms with Crippen LogP contribution < -0.4 is 0 Å². The second-order valence-electron chi connectivity index (χ2n) is 7.69. The van der Waals surface area contributed by atoms with E-state index < -0.39 is 11.0 Å². The van der Waals surface area contributed by atoms with Crippen molar-refractivity contribution in [3.8, 4) is 0 Å². The van der Waals surface area contributed by atoms with Crippen LogP contribution in [0.5, 0.6) is 0 Å². The molecule has 1 aliphatic rings. The molecule has 0 saturated heterocycles. The van der Waals surface area contributed by atoms with E-state index in [4.69, 9.17) is 4.74 Å². The second-order valence-corrected chi connectivity index (χ2v) is 7.69. The van der Waals surface area contributed by atoms with Crippen LogP contribution in [-0.2, 0) is 9.53 Å². The fourth-order valence-electron chi connectivity index (χ4n) is 2.06. The van der Waals surface area contributed by atoms with E-state index in [-0.39, 0.29) is 11.5 Å². The van der Waals surface area contributed by atoms with E-state index in [1.807, 2.05) is 27.0 Å². The Labute approximate surface area is 117 Å². The minimum Gasteiger partial charge on any atom is -0.453 e. The predicted octanol–water partition coefficient (Wildman–Crippen LogP) is 4.15. The van der Waals surface area contributed by atoms with E-state index in [0.717, 1.165) is 25.7 Å². The Morgan fingerprint density at radius 1 is 1.05 bits per heavy atom. The summed E-state index contributed by atoms with van der Waals surface area (Å²) in [7, 11) is 0. The van der Waals surface area contributed by atoms with Crippen molar-refractivity contribution >= 4 is 12.2 Å². The summed E-state index contributed by atoms with van der Waals surface area (Å²) >= 11 is 0. The van der Waals surface area contributed by atoms with Gasteiger partial charge in [-0.15, -0.1) is 0 Å². The Morgan fingerprint density at radius 3 is 2.00 bits per heavy atom. The van der Waals surface area contributed by atoms with Gasteiger partial charge < -0.3 is 4.74 Å². The zero-order valence-electron chi connectivity index (χ0n) is 13.4. The van der Waals surface area contributed by atoms with Gasteiger partial charge in [-0.25, -0.2) is 0 Å². The molecule has 1 fully saturated rings. The van der Waals surface area contributed by atoms with Gasteiger partial charge in [0.2, 0.25) is 0 Å². The lowest BCUT2D eigenvalue weighted by atomic mass is 9.84. The molecule has 0 heterocycles. The second kappa shape index (κ2) is 5.64. The Balaban J connectivity index is 2.88. The van der Waals surface area contributed by atoms with E-state index in [2.05, 4.69) is 25.8 Å². The largest absolute Gasteiger partial charge is 0.453 e. The third kappa shape index (κ3) is 5.33. The van der Waals surface area contributed by atoms with Crippen LogP contribution in [0.25, 0.3) is 0 Å². The Kier molecular flexibility index (Phi) is 4.81. The summed E-state index contributed by atoms with van der Waals surface area (Å²) in [4.78, 5) is 16.8. The number of esters is 1. The molecule has 0 aromatic carbocycles. The molecule has 0 amide bonds. The maximum atomic E-state index is 12.2. The zero-order chi connectivity index (χ0) is 14.7. The lowest BCUT2D eigenvalue weighted by molar-refractivity contribution is -0.164. The molecule has 0 N–H and O–H groups in total. The molecule has 1 aliphatic carbocycles. The normalized spacial score (nSPS) is 20.5. The van der Waals surface area contributed by atoms with Crippen LogP contribution in [0.3, 0.4) is 0 Å². The minimum absolute atomic E-state index is 0.126. The number of ether oxygens (including phenoxy) is 1. The van der Waals surface area contributed by atoms with Crippen molar-refractivity contribution in [1.82, 2.24) is 0 Å².